The van der Waals surface area contributed by atoms with E-state index in [0.29, 0.717) is 18.1 Å². The maximum Gasteiger partial charge on any atom is 0.251 e. The molecule has 7 heteroatoms. The van der Waals surface area contributed by atoms with Crippen LogP contribution >= 0.6 is 0 Å². The van der Waals surface area contributed by atoms with Crippen LogP contribution in [0.2, 0.25) is 0 Å². The third-order valence-electron chi connectivity index (χ3n) is 5.08. The second-order valence-electron chi connectivity index (χ2n) is 6.77. The van der Waals surface area contributed by atoms with Crippen LogP contribution in [0.15, 0.2) is 58.5 Å². The summed E-state index contributed by atoms with van der Waals surface area (Å²) in [4.78, 5) is 17.5. The third-order valence-corrected chi connectivity index (χ3v) is 5.08. The van der Waals surface area contributed by atoms with E-state index in [2.05, 4.69) is 5.16 Å². The molecule has 0 aliphatic rings. The number of fused-ring (bicyclic) bond motifs is 3. The topological polar surface area (TPSA) is 67.0 Å². The van der Waals surface area contributed by atoms with E-state index in [1.54, 1.807) is 38.1 Å². The van der Waals surface area contributed by atoms with Crippen molar-refractivity contribution in [2.24, 2.45) is 12.2 Å². The van der Waals surface area contributed by atoms with Crippen molar-refractivity contribution in [2.45, 2.75) is 6.92 Å². The molecule has 2 aromatic carbocycles. The monoisotopic (exact) mass is 405 g/mol. The van der Waals surface area contributed by atoms with E-state index in [0.717, 1.165) is 33.2 Å². The molecule has 0 saturated carbocycles. The lowest BCUT2D eigenvalue weighted by molar-refractivity contribution is 0.160. The largest absolute Gasteiger partial charge is 0.497 e. The predicted octanol–water partition coefficient (Wildman–Crippen LogP) is 3.87. The number of rotatable bonds is 6. The summed E-state index contributed by atoms with van der Waals surface area (Å²) in [6.07, 6.45) is 1.68. The van der Waals surface area contributed by atoms with Gasteiger partial charge in [0.05, 0.1) is 31.6 Å². The molecule has 0 N–H and O–H groups in total. The normalized spacial score (nSPS) is 11.5. The van der Waals surface area contributed by atoms with Gasteiger partial charge in [0.2, 0.25) is 0 Å². The minimum atomic E-state index is -0.0860. The Bertz CT molecular complexity index is 1320. The van der Waals surface area contributed by atoms with Crippen molar-refractivity contribution in [2.75, 3.05) is 20.8 Å². The molecule has 0 bridgehead atoms. The maximum absolute atomic E-state index is 12.5. The molecular formula is C23H23N3O4. The van der Waals surface area contributed by atoms with Gasteiger partial charge in [-0.3, -0.25) is 13.9 Å². The van der Waals surface area contributed by atoms with Crippen LogP contribution in [0.25, 0.3) is 27.6 Å². The Labute approximate surface area is 173 Å². The summed E-state index contributed by atoms with van der Waals surface area (Å²) in [5, 5.41) is 5.92. The Kier molecular flexibility index (Phi) is 5.18. The van der Waals surface area contributed by atoms with E-state index >= 15 is 0 Å². The summed E-state index contributed by atoms with van der Waals surface area (Å²) in [6, 6.07) is 15.1. The summed E-state index contributed by atoms with van der Waals surface area (Å²) < 4.78 is 14.7. The first kappa shape index (κ1) is 19.6. The van der Waals surface area contributed by atoms with Crippen LogP contribution in [-0.2, 0) is 11.9 Å². The van der Waals surface area contributed by atoms with Crippen LogP contribution in [0.1, 0.15) is 12.5 Å². The number of nitrogens with zero attached hydrogens (tertiary/aromatic N) is 3. The fourth-order valence-electron chi connectivity index (χ4n) is 3.65. The minimum absolute atomic E-state index is 0.0860. The zero-order chi connectivity index (χ0) is 21.3. The molecule has 4 rings (SSSR count). The summed E-state index contributed by atoms with van der Waals surface area (Å²) in [5.41, 5.74) is 3.36. The molecule has 0 fully saturated rings. The van der Waals surface area contributed by atoms with Gasteiger partial charge in [-0.1, -0.05) is 11.2 Å². The van der Waals surface area contributed by atoms with Crippen LogP contribution < -0.4 is 15.0 Å². The number of oxime groups is 1. The maximum atomic E-state index is 12.5. The van der Waals surface area contributed by atoms with Gasteiger partial charge in [-0.2, -0.15) is 0 Å². The van der Waals surface area contributed by atoms with E-state index in [1.165, 1.54) is 0 Å². The van der Waals surface area contributed by atoms with Gasteiger partial charge in [-0.25, -0.2) is 0 Å². The van der Waals surface area contributed by atoms with Crippen molar-refractivity contribution in [3.63, 3.8) is 0 Å². The fourth-order valence-corrected chi connectivity index (χ4v) is 3.65. The highest BCUT2D eigenvalue weighted by Crippen LogP contribution is 2.36. The van der Waals surface area contributed by atoms with Crippen LogP contribution in [0.3, 0.4) is 0 Å². The molecule has 30 heavy (non-hydrogen) atoms. The lowest BCUT2D eigenvalue weighted by atomic mass is 10.1. The number of aromatic nitrogens is 2. The Hall–Kier alpha value is -3.74. The second-order valence-corrected chi connectivity index (χ2v) is 6.77. The smallest absolute Gasteiger partial charge is 0.251 e. The SMILES string of the molecule is CCON=Cc1ccc2c(c1)c1ccc(=O)n(C)c1n2-c1ccc(OC)cc1OC. The van der Waals surface area contributed by atoms with Crippen LogP contribution in [0, 0.1) is 0 Å². The van der Waals surface area contributed by atoms with Crippen molar-refractivity contribution < 1.29 is 14.3 Å². The first-order chi connectivity index (χ1) is 14.6. The van der Waals surface area contributed by atoms with E-state index in [9.17, 15) is 4.79 Å². The molecule has 0 unspecified atom stereocenters. The number of ether oxygens (including phenoxy) is 2. The quantitative estimate of drug-likeness (QED) is 0.361. The van der Waals surface area contributed by atoms with Gasteiger partial charge in [-0.15, -0.1) is 0 Å². The Balaban J connectivity index is 2.08. The summed E-state index contributed by atoms with van der Waals surface area (Å²) in [5.74, 6) is 1.34. The van der Waals surface area contributed by atoms with E-state index < -0.39 is 0 Å². The molecule has 0 radical (unpaired) electrons. The molecular weight excluding hydrogens is 382 g/mol. The van der Waals surface area contributed by atoms with Crippen LogP contribution in [-0.4, -0.2) is 36.2 Å². The number of methoxy groups -OCH3 is 2. The van der Waals surface area contributed by atoms with Crippen molar-refractivity contribution >= 4 is 28.2 Å². The molecule has 154 valence electrons. The first-order valence-electron chi connectivity index (χ1n) is 9.61. The van der Waals surface area contributed by atoms with Gasteiger partial charge in [0.15, 0.2) is 0 Å². The van der Waals surface area contributed by atoms with E-state index in [-0.39, 0.29) is 5.56 Å². The lowest BCUT2D eigenvalue weighted by Crippen LogP contribution is -2.17. The summed E-state index contributed by atoms with van der Waals surface area (Å²) in [7, 11) is 5.00. The Morgan fingerprint density at radius 3 is 2.57 bits per heavy atom. The standard InChI is InChI=1S/C23H23N3O4/c1-5-30-24-14-15-6-9-19-18(12-15)17-8-11-22(27)25(2)23(17)26(19)20-10-7-16(28-3)13-21(20)29-4/h6-14H,5H2,1-4H3. The summed E-state index contributed by atoms with van der Waals surface area (Å²) in [6.45, 7) is 2.40. The van der Waals surface area contributed by atoms with Gasteiger partial charge in [0.25, 0.3) is 5.56 Å². The molecule has 0 atom stereocenters. The number of pyridine rings is 1. The molecule has 2 aromatic heterocycles. The molecule has 0 spiro atoms. The van der Waals surface area contributed by atoms with E-state index in [1.807, 2.05) is 54.0 Å². The number of aryl methyl sites for hydroxylation is 1. The molecule has 7 nitrogen and oxygen atoms in total. The molecule has 0 aliphatic carbocycles. The number of hydrogen-bond donors (Lipinski definition) is 0. The lowest BCUT2D eigenvalue weighted by Gasteiger charge is -2.15. The average Bonchev–Trinajstić information content (AvgIpc) is 3.10. The summed E-state index contributed by atoms with van der Waals surface area (Å²) >= 11 is 0. The van der Waals surface area contributed by atoms with Gasteiger partial charge in [-0.05, 0) is 42.8 Å². The van der Waals surface area contributed by atoms with Crippen molar-refractivity contribution in [3.8, 4) is 17.2 Å². The van der Waals surface area contributed by atoms with Crippen LogP contribution in [0.4, 0.5) is 0 Å². The van der Waals surface area contributed by atoms with Gasteiger partial charge in [0.1, 0.15) is 23.8 Å². The molecule has 0 aliphatic heterocycles. The highest BCUT2D eigenvalue weighted by atomic mass is 16.6. The molecule has 0 amide bonds. The van der Waals surface area contributed by atoms with Crippen molar-refractivity contribution in [1.82, 2.24) is 9.13 Å². The molecule has 4 aromatic rings. The van der Waals surface area contributed by atoms with Crippen molar-refractivity contribution in [1.29, 1.82) is 0 Å². The second kappa shape index (κ2) is 7.94. The zero-order valence-electron chi connectivity index (χ0n) is 17.4. The Morgan fingerprint density at radius 2 is 1.83 bits per heavy atom. The van der Waals surface area contributed by atoms with Crippen molar-refractivity contribution in [3.05, 3.63) is 64.4 Å². The zero-order valence-corrected chi connectivity index (χ0v) is 17.4. The first-order valence-corrected chi connectivity index (χ1v) is 9.61. The number of hydrogen-bond acceptors (Lipinski definition) is 5. The minimum Gasteiger partial charge on any atom is -0.497 e. The van der Waals surface area contributed by atoms with Gasteiger partial charge < -0.3 is 14.3 Å². The van der Waals surface area contributed by atoms with E-state index in [4.69, 9.17) is 14.3 Å². The highest BCUT2D eigenvalue weighted by Gasteiger charge is 2.18. The van der Waals surface area contributed by atoms with Crippen LogP contribution in [0.5, 0.6) is 11.5 Å². The highest BCUT2D eigenvalue weighted by molar-refractivity contribution is 6.09. The number of benzene rings is 2. The molecule has 0 saturated heterocycles. The molecule has 2 heterocycles. The fraction of sp³-hybridized carbons (Fsp3) is 0.217. The Morgan fingerprint density at radius 1 is 1.00 bits per heavy atom. The average molecular weight is 405 g/mol. The predicted molar refractivity (Wildman–Crippen MR) is 118 cm³/mol. The van der Waals surface area contributed by atoms with Gasteiger partial charge in [0, 0.05) is 30.0 Å². The van der Waals surface area contributed by atoms with Gasteiger partial charge >= 0.3 is 0 Å². The third kappa shape index (κ3) is 3.18.